The molecule has 8 nitrogen and oxygen atoms in total. The number of likely N-dealkylation sites (N-methyl/N-ethyl adjacent to an activating group) is 1. The predicted octanol–water partition coefficient (Wildman–Crippen LogP) is 4.28. The predicted molar refractivity (Wildman–Crippen MR) is 141 cm³/mol. The monoisotopic (exact) mass is 496 g/mol. The van der Waals surface area contributed by atoms with Gasteiger partial charge in [-0.05, 0) is 63.2 Å². The number of hydrogen-bond donors (Lipinski definition) is 0. The lowest BCUT2D eigenvalue weighted by Crippen LogP contribution is -2.44. The van der Waals surface area contributed by atoms with Gasteiger partial charge >= 0.3 is 0 Å². The van der Waals surface area contributed by atoms with Gasteiger partial charge in [0, 0.05) is 37.8 Å². The third kappa shape index (κ3) is 5.94. The topological polar surface area (TPSA) is 73.6 Å². The van der Waals surface area contributed by atoms with E-state index in [1.54, 1.807) is 51.7 Å². The summed E-state index contributed by atoms with van der Waals surface area (Å²) in [6.45, 7) is 6.06. The molecule has 1 aromatic heterocycles. The number of rotatable bonds is 11. The first kappa shape index (κ1) is 25.9. The van der Waals surface area contributed by atoms with E-state index in [0.717, 1.165) is 52.0 Å². The second kappa shape index (κ2) is 12.1. The van der Waals surface area contributed by atoms with Crippen LogP contribution in [0.3, 0.4) is 0 Å². The third-order valence-corrected chi connectivity index (χ3v) is 6.66. The Morgan fingerprint density at radius 2 is 1.64 bits per heavy atom. The highest BCUT2D eigenvalue weighted by Crippen LogP contribution is 2.37. The average Bonchev–Trinajstić information content (AvgIpc) is 2.91. The van der Waals surface area contributed by atoms with Crippen LogP contribution < -0.4 is 24.4 Å². The summed E-state index contributed by atoms with van der Waals surface area (Å²) >= 11 is 0. The quantitative estimate of drug-likeness (QED) is 0.364. The van der Waals surface area contributed by atoms with Crippen molar-refractivity contribution in [2.75, 3.05) is 67.7 Å². The van der Waals surface area contributed by atoms with E-state index in [1.165, 1.54) is 0 Å². The zero-order valence-corrected chi connectivity index (χ0v) is 21.7. The minimum atomic E-state index is -0.207. The lowest BCUT2D eigenvalue weighted by molar-refractivity contribution is 0.151. The second-order valence-electron chi connectivity index (χ2n) is 9.08. The molecule has 36 heavy (non-hydrogen) atoms. The Kier molecular flexibility index (Phi) is 8.72. The molecule has 0 amide bonds. The van der Waals surface area contributed by atoms with Gasteiger partial charge in [-0.25, -0.2) is 0 Å². The number of unbranched alkanes of at least 4 members (excludes halogenated alkanes) is 2. The molecule has 3 aromatic rings. The summed E-state index contributed by atoms with van der Waals surface area (Å²) in [5.74, 6) is 2.31. The van der Waals surface area contributed by atoms with Gasteiger partial charge in [0.25, 0.3) is 0 Å². The molecule has 0 radical (unpaired) electrons. The Bertz CT molecular complexity index is 1220. The summed E-state index contributed by atoms with van der Waals surface area (Å²) < 4.78 is 28.5. The van der Waals surface area contributed by atoms with Crippen molar-refractivity contribution in [2.45, 2.75) is 19.3 Å². The molecule has 0 unspecified atom stereocenters. The second-order valence-corrected chi connectivity index (χ2v) is 9.08. The number of methoxy groups -OCH3 is 3. The fourth-order valence-electron chi connectivity index (χ4n) is 4.44. The van der Waals surface area contributed by atoms with Gasteiger partial charge in [-0.1, -0.05) is 0 Å². The molecule has 0 N–H and O–H groups in total. The standard InChI is InChI=1S/C28H36N2O6/c1-29-13-15-30(16-14-29)12-6-5-7-17-35-28-26(31)22-10-9-21(32-2)19-24(22)36-27(28)20-8-11-23(33-3)25(18-20)34-4/h8-11,18-19H,5-7,12-17H2,1-4H3. The maximum absolute atomic E-state index is 13.5. The molecule has 8 heteroatoms. The van der Waals surface area contributed by atoms with Gasteiger partial charge in [0.1, 0.15) is 11.3 Å². The molecule has 4 rings (SSSR count). The van der Waals surface area contributed by atoms with Crippen molar-refractivity contribution >= 4 is 11.0 Å². The largest absolute Gasteiger partial charge is 0.497 e. The van der Waals surface area contributed by atoms with Crippen LogP contribution in [0.5, 0.6) is 23.0 Å². The zero-order chi connectivity index (χ0) is 25.5. The smallest absolute Gasteiger partial charge is 0.235 e. The maximum atomic E-state index is 13.5. The van der Waals surface area contributed by atoms with Crippen molar-refractivity contribution in [1.82, 2.24) is 9.80 Å². The van der Waals surface area contributed by atoms with Crippen molar-refractivity contribution in [3.05, 3.63) is 46.6 Å². The summed E-state index contributed by atoms with van der Waals surface area (Å²) in [5.41, 5.74) is 0.893. The molecule has 0 saturated carbocycles. The summed E-state index contributed by atoms with van der Waals surface area (Å²) in [5, 5.41) is 0.449. The molecule has 2 heterocycles. The molecule has 0 atom stereocenters. The van der Waals surface area contributed by atoms with Crippen molar-refractivity contribution in [2.24, 2.45) is 0 Å². The Morgan fingerprint density at radius 1 is 0.861 bits per heavy atom. The highest BCUT2D eigenvalue weighted by Gasteiger charge is 2.20. The van der Waals surface area contributed by atoms with Crippen LogP contribution in [0.2, 0.25) is 0 Å². The molecule has 1 saturated heterocycles. The van der Waals surface area contributed by atoms with Gasteiger partial charge < -0.3 is 33.2 Å². The van der Waals surface area contributed by atoms with E-state index in [4.69, 9.17) is 23.4 Å². The number of piperazine rings is 1. The van der Waals surface area contributed by atoms with E-state index in [-0.39, 0.29) is 11.2 Å². The van der Waals surface area contributed by atoms with Gasteiger partial charge in [-0.15, -0.1) is 0 Å². The molecule has 0 aliphatic carbocycles. The highest BCUT2D eigenvalue weighted by atomic mass is 16.5. The van der Waals surface area contributed by atoms with Gasteiger partial charge in [0.15, 0.2) is 17.3 Å². The summed E-state index contributed by atoms with van der Waals surface area (Å²) in [6, 6.07) is 10.6. The fourth-order valence-corrected chi connectivity index (χ4v) is 4.44. The first-order chi connectivity index (χ1) is 17.5. The Morgan fingerprint density at radius 3 is 2.36 bits per heavy atom. The lowest BCUT2D eigenvalue weighted by Gasteiger charge is -2.32. The summed E-state index contributed by atoms with van der Waals surface area (Å²) in [6.07, 6.45) is 3.01. The molecule has 194 valence electrons. The molecule has 1 aliphatic rings. The molecular weight excluding hydrogens is 460 g/mol. The molecule has 0 spiro atoms. The van der Waals surface area contributed by atoms with Crippen LogP contribution in [0.15, 0.2) is 45.6 Å². The lowest BCUT2D eigenvalue weighted by atomic mass is 10.1. The van der Waals surface area contributed by atoms with E-state index in [9.17, 15) is 4.79 Å². The normalized spacial score (nSPS) is 14.7. The van der Waals surface area contributed by atoms with Crippen molar-refractivity contribution < 1.29 is 23.4 Å². The van der Waals surface area contributed by atoms with E-state index >= 15 is 0 Å². The zero-order valence-electron chi connectivity index (χ0n) is 21.7. The molecular formula is C28H36N2O6. The number of nitrogens with zero attached hydrogens (tertiary/aromatic N) is 2. The van der Waals surface area contributed by atoms with Crippen molar-refractivity contribution in [3.63, 3.8) is 0 Å². The average molecular weight is 497 g/mol. The van der Waals surface area contributed by atoms with Crippen molar-refractivity contribution in [3.8, 4) is 34.3 Å². The van der Waals surface area contributed by atoms with Crippen LogP contribution in [0, 0.1) is 0 Å². The van der Waals surface area contributed by atoms with Gasteiger partial charge in [-0.3, -0.25) is 4.79 Å². The van der Waals surface area contributed by atoms with Crippen LogP contribution in [-0.4, -0.2) is 77.5 Å². The van der Waals surface area contributed by atoms with E-state index < -0.39 is 0 Å². The molecule has 1 aliphatic heterocycles. The van der Waals surface area contributed by atoms with Crippen molar-refractivity contribution in [1.29, 1.82) is 0 Å². The van der Waals surface area contributed by atoms with Crippen LogP contribution in [0.25, 0.3) is 22.3 Å². The van der Waals surface area contributed by atoms with Crippen LogP contribution in [-0.2, 0) is 0 Å². The van der Waals surface area contributed by atoms with Gasteiger partial charge in [0.2, 0.25) is 11.2 Å². The Balaban J connectivity index is 1.52. The Labute approximate surface area is 212 Å². The first-order valence-corrected chi connectivity index (χ1v) is 12.4. The first-order valence-electron chi connectivity index (χ1n) is 12.4. The maximum Gasteiger partial charge on any atom is 0.235 e. The number of ether oxygens (including phenoxy) is 4. The van der Waals surface area contributed by atoms with Crippen LogP contribution in [0.1, 0.15) is 19.3 Å². The van der Waals surface area contributed by atoms with Gasteiger partial charge in [0.05, 0.1) is 33.3 Å². The summed E-state index contributed by atoms with van der Waals surface area (Å²) in [4.78, 5) is 18.3. The minimum Gasteiger partial charge on any atom is -0.497 e. The highest BCUT2D eigenvalue weighted by molar-refractivity contribution is 5.83. The molecule has 0 bridgehead atoms. The van der Waals surface area contributed by atoms with Gasteiger partial charge in [-0.2, -0.15) is 0 Å². The molecule has 1 fully saturated rings. The van der Waals surface area contributed by atoms with E-state index in [1.807, 2.05) is 6.07 Å². The third-order valence-electron chi connectivity index (χ3n) is 6.66. The molecule has 2 aromatic carbocycles. The minimum absolute atomic E-state index is 0.207. The van der Waals surface area contributed by atoms with E-state index in [0.29, 0.717) is 46.1 Å². The Hall–Kier alpha value is -3.23. The number of hydrogen-bond acceptors (Lipinski definition) is 8. The number of benzene rings is 2. The number of fused-ring (bicyclic) bond motifs is 1. The fraction of sp³-hybridized carbons (Fsp3) is 0.464. The SMILES string of the molecule is COc1ccc2c(=O)c(OCCCCCN3CCN(C)CC3)c(-c3ccc(OC)c(OC)c3)oc2c1. The van der Waals surface area contributed by atoms with E-state index in [2.05, 4.69) is 16.8 Å². The van der Waals surface area contributed by atoms with Crippen LogP contribution in [0.4, 0.5) is 0 Å². The summed E-state index contributed by atoms with van der Waals surface area (Å²) in [7, 11) is 6.90. The van der Waals surface area contributed by atoms with Crippen LogP contribution >= 0.6 is 0 Å².